The third-order valence-electron chi connectivity index (χ3n) is 2.33. The molecule has 0 bridgehead atoms. The molecule has 5 heteroatoms. The third kappa shape index (κ3) is 2.01. The summed E-state index contributed by atoms with van der Waals surface area (Å²) >= 11 is 3.53. The van der Waals surface area contributed by atoms with E-state index in [2.05, 4.69) is 31.2 Å². The van der Waals surface area contributed by atoms with Gasteiger partial charge in [-0.2, -0.15) is 0 Å². The maximum Gasteiger partial charge on any atom is 0.159 e. The summed E-state index contributed by atoms with van der Waals surface area (Å²) in [6.45, 7) is 0.737. The minimum Gasteiger partial charge on any atom is -0.320 e. The summed E-state index contributed by atoms with van der Waals surface area (Å²) in [5.41, 5.74) is 1.87. The van der Waals surface area contributed by atoms with Crippen LogP contribution in [0.5, 0.6) is 0 Å². The SMILES string of the molecule is CNCc1nc(-c2ccccn2)n(C)c1Br. The second-order valence-electron chi connectivity index (χ2n) is 3.48. The molecule has 0 aliphatic carbocycles. The lowest BCUT2D eigenvalue weighted by Gasteiger charge is -2.00. The molecule has 0 saturated heterocycles. The van der Waals surface area contributed by atoms with Gasteiger partial charge in [0.1, 0.15) is 10.3 Å². The fourth-order valence-electron chi connectivity index (χ4n) is 1.54. The Balaban J connectivity index is 2.46. The van der Waals surface area contributed by atoms with Gasteiger partial charge in [-0.3, -0.25) is 4.98 Å². The molecule has 1 N–H and O–H groups in total. The minimum absolute atomic E-state index is 0.737. The molecule has 0 amide bonds. The summed E-state index contributed by atoms with van der Waals surface area (Å²) in [5, 5.41) is 3.09. The molecule has 0 spiro atoms. The van der Waals surface area contributed by atoms with Crippen molar-refractivity contribution in [3.63, 3.8) is 0 Å². The molecular weight excluding hydrogens is 268 g/mol. The zero-order chi connectivity index (χ0) is 11.5. The van der Waals surface area contributed by atoms with Crippen molar-refractivity contribution in [2.75, 3.05) is 7.05 Å². The minimum atomic E-state index is 0.737. The zero-order valence-corrected chi connectivity index (χ0v) is 10.8. The first-order chi connectivity index (χ1) is 7.74. The number of imidazole rings is 1. The number of aromatic nitrogens is 3. The molecule has 0 atom stereocenters. The molecule has 0 aromatic carbocycles. The fourth-order valence-corrected chi connectivity index (χ4v) is 1.94. The lowest BCUT2D eigenvalue weighted by Crippen LogP contribution is -2.05. The first kappa shape index (κ1) is 11.3. The standard InChI is InChI=1S/C11H13BrN4/c1-13-7-9-10(12)16(2)11(15-9)8-5-3-4-6-14-8/h3-6,13H,7H2,1-2H3. The number of halogens is 1. The van der Waals surface area contributed by atoms with Crippen LogP contribution in [0, 0.1) is 0 Å². The first-order valence-electron chi connectivity index (χ1n) is 5.01. The van der Waals surface area contributed by atoms with Gasteiger partial charge in [0.05, 0.1) is 5.69 Å². The van der Waals surface area contributed by atoms with Crippen molar-refractivity contribution in [3.05, 3.63) is 34.7 Å². The highest BCUT2D eigenvalue weighted by Gasteiger charge is 2.13. The Hall–Kier alpha value is -1.20. The van der Waals surface area contributed by atoms with Crippen molar-refractivity contribution >= 4 is 15.9 Å². The van der Waals surface area contributed by atoms with Crippen LogP contribution in [0.25, 0.3) is 11.5 Å². The molecule has 0 radical (unpaired) electrons. The van der Waals surface area contributed by atoms with E-state index in [1.807, 2.05) is 36.9 Å². The van der Waals surface area contributed by atoms with Crippen molar-refractivity contribution in [1.29, 1.82) is 0 Å². The van der Waals surface area contributed by atoms with Gasteiger partial charge in [0, 0.05) is 19.8 Å². The summed E-state index contributed by atoms with van der Waals surface area (Å²) in [7, 11) is 3.88. The summed E-state index contributed by atoms with van der Waals surface area (Å²) in [5.74, 6) is 0.873. The molecule has 0 saturated carbocycles. The fraction of sp³-hybridized carbons (Fsp3) is 0.273. The Morgan fingerprint density at radius 3 is 2.88 bits per heavy atom. The number of pyridine rings is 1. The maximum atomic E-state index is 4.56. The highest BCUT2D eigenvalue weighted by atomic mass is 79.9. The van der Waals surface area contributed by atoms with E-state index in [0.29, 0.717) is 0 Å². The predicted molar refractivity (Wildman–Crippen MR) is 66.9 cm³/mol. The van der Waals surface area contributed by atoms with E-state index in [-0.39, 0.29) is 0 Å². The molecule has 4 nitrogen and oxygen atoms in total. The first-order valence-corrected chi connectivity index (χ1v) is 5.80. The van der Waals surface area contributed by atoms with Crippen LogP contribution in [-0.2, 0) is 13.6 Å². The smallest absolute Gasteiger partial charge is 0.159 e. The Morgan fingerprint density at radius 1 is 1.44 bits per heavy atom. The van der Waals surface area contributed by atoms with Crippen LogP contribution in [0.15, 0.2) is 29.0 Å². The molecular formula is C11H13BrN4. The van der Waals surface area contributed by atoms with Crippen LogP contribution in [0.1, 0.15) is 5.69 Å². The van der Waals surface area contributed by atoms with Gasteiger partial charge in [0.15, 0.2) is 5.82 Å². The van der Waals surface area contributed by atoms with Gasteiger partial charge >= 0.3 is 0 Å². The molecule has 0 unspecified atom stereocenters. The third-order valence-corrected chi connectivity index (χ3v) is 3.32. The van der Waals surface area contributed by atoms with E-state index in [9.17, 15) is 0 Å². The molecule has 0 aliphatic heterocycles. The lowest BCUT2D eigenvalue weighted by molar-refractivity contribution is 0.788. The molecule has 2 aromatic rings. The van der Waals surface area contributed by atoms with Crippen molar-refractivity contribution < 1.29 is 0 Å². The van der Waals surface area contributed by atoms with E-state index < -0.39 is 0 Å². The molecule has 16 heavy (non-hydrogen) atoms. The number of nitrogens with one attached hydrogen (secondary N) is 1. The van der Waals surface area contributed by atoms with Gasteiger partial charge < -0.3 is 9.88 Å². The molecule has 2 rings (SSSR count). The average Bonchev–Trinajstić information content (AvgIpc) is 2.59. The quantitative estimate of drug-likeness (QED) is 0.935. The predicted octanol–water partition coefficient (Wildman–Crippen LogP) is 1.96. The van der Waals surface area contributed by atoms with E-state index in [1.54, 1.807) is 6.20 Å². The second-order valence-corrected chi connectivity index (χ2v) is 4.23. The van der Waals surface area contributed by atoms with Crippen molar-refractivity contribution in [2.24, 2.45) is 7.05 Å². The van der Waals surface area contributed by atoms with Crippen LogP contribution in [-0.4, -0.2) is 21.6 Å². The highest BCUT2D eigenvalue weighted by molar-refractivity contribution is 9.10. The van der Waals surface area contributed by atoms with Gasteiger partial charge in [-0.15, -0.1) is 0 Å². The van der Waals surface area contributed by atoms with E-state index in [0.717, 1.165) is 28.4 Å². The van der Waals surface area contributed by atoms with Crippen LogP contribution < -0.4 is 5.32 Å². The number of hydrogen-bond donors (Lipinski definition) is 1. The number of hydrogen-bond acceptors (Lipinski definition) is 3. The number of rotatable bonds is 3. The van der Waals surface area contributed by atoms with Gasteiger partial charge in [0.25, 0.3) is 0 Å². The lowest BCUT2D eigenvalue weighted by atomic mass is 10.3. The second kappa shape index (κ2) is 4.76. The highest BCUT2D eigenvalue weighted by Crippen LogP contribution is 2.23. The Labute approximate surface area is 103 Å². The normalized spacial score (nSPS) is 10.7. The van der Waals surface area contributed by atoms with Crippen molar-refractivity contribution in [1.82, 2.24) is 19.9 Å². The van der Waals surface area contributed by atoms with E-state index >= 15 is 0 Å². The topological polar surface area (TPSA) is 42.7 Å². The zero-order valence-electron chi connectivity index (χ0n) is 9.24. The van der Waals surface area contributed by atoms with Crippen LogP contribution in [0.2, 0.25) is 0 Å². The number of nitrogens with zero attached hydrogens (tertiary/aromatic N) is 3. The molecule has 0 aliphatic rings. The van der Waals surface area contributed by atoms with Crippen LogP contribution in [0.4, 0.5) is 0 Å². The van der Waals surface area contributed by atoms with Gasteiger partial charge in [0.2, 0.25) is 0 Å². The van der Waals surface area contributed by atoms with E-state index in [4.69, 9.17) is 0 Å². The van der Waals surface area contributed by atoms with Crippen molar-refractivity contribution in [3.8, 4) is 11.5 Å². The van der Waals surface area contributed by atoms with Crippen LogP contribution in [0.3, 0.4) is 0 Å². The largest absolute Gasteiger partial charge is 0.320 e. The van der Waals surface area contributed by atoms with Crippen molar-refractivity contribution in [2.45, 2.75) is 6.54 Å². The summed E-state index contributed by atoms with van der Waals surface area (Å²) in [6.07, 6.45) is 1.77. The van der Waals surface area contributed by atoms with E-state index in [1.165, 1.54) is 0 Å². The summed E-state index contributed by atoms with van der Waals surface area (Å²) in [4.78, 5) is 8.86. The monoisotopic (exact) mass is 280 g/mol. The Kier molecular flexibility index (Phi) is 3.36. The van der Waals surface area contributed by atoms with Crippen LogP contribution >= 0.6 is 15.9 Å². The molecule has 2 heterocycles. The molecule has 0 fully saturated rings. The average molecular weight is 281 g/mol. The summed E-state index contributed by atoms with van der Waals surface area (Å²) < 4.78 is 2.98. The maximum absolute atomic E-state index is 4.56. The molecule has 84 valence electrons. The van der Waals surface area contributed by atoms with Gasteiger partial charge in [-0.25, -0.2) is 4.98 Å². The van der Waals surface area contributed by atoms with Gasteiger partial charge in [-0.1, -0.05) is 6.07 Å². The molecule has 2 aromatic heterocycles. The summed E-state index contributed by atoms with van der Waals surface area (Å²) in [6, 6.07) is 5.82. The Bertz CT molecular complexity index is 478. The van der Waals surface area contributed by atoms with Gasteiger partial charge in [-0.05, 0) is 35.1 Å². The Morgan fingerprint density at radius 2 is 2.25 bits per heavy atom.